The van der Waals surface area contributed by atoms with E-state index < -0.39 is 17.9 Å². The number of nitrogens with zero attached hydrogens (tertiary/aromatic N) is 2. The van der Waals surface area contributed by atoms with Crippen LogP contribution in [-0.2, 0) is 9.53 Å². The molecular weight excluding hydrogens is 239 g/mol. The maximum atomic E-state index is 13.3. The zero-order valence-electron chi connectivity index (χ0n) is 9.93. The molecule has 96 valence electrons. The van der Waals surface area contributed by atoms with Crippen LogP contribution in [0.15, 0.2) is 18.3 Å². The van der Waals surface area contributed by atoms with Crippen molar-refractivity contribution in [1.29, 1.82) is 0 Å². The van der Waals surface area contributed by atoms with E-state index in [1.54, 1.807) is 7.05 Å². The Labute approximate surface area is 104 Å². The number of amides is 1. The van der Waals surface area contributed by atoms with Crippen LogP contribution in [0.3, 0.4) is 0 Å². The van der Waals surface area contributed by atoms with Gasteiger partial charge in [0.1, 0.15) is 6.10 Å². The molecule has 1 fully saturated rings. The van der Waals surface area contributed by atoms with Crippen molar-refractivity contribution in [1.82, 2.24) is 9.88 Å². The Morgan fingerprint density at radius 1 is 1.61 bits per heavy atom. The zero-order chi connectivity index (χ0) is 13.1. The number of likely N-dealkylation sites (tertiary alicyclic amines) is 1. The predicted octanol–water partition coefficient (Wildman–Crippen LogP) is 0.998. The maximum Gasteiger partial charge on any atom is 0.360 e. The molecular formula is C12H13FN2O3. The Bertz CT molecular complexity index is 478. The number of esters is 1. The molecule has 1 aliphatic heterocycles. The first-order valence-electron chi connectivity index (χ1n) is 5.63. The highest BCUT2D eigenvalue weighted by molar-refractivity contribution is 5.87. The highest BCUT2D eigenvalue weighted by Gasteiger charge is 2.27. The van der Waals surface area contributed by atoms with Crippen molar-refractivity contribution in [3.63, 3.8) is 0 Å². The zero-order valence-corrected chi connectivity index (χ0v) is 9.93. The minimum absolute atomic E-state index is 0.0197. The van der Waals surface area contributed by atoms with E-state index in [-0.39, 0.29) is 11.6 Å². The normalized spacial score (nSPS) is 19.8. The van der Waals surface area contributed by atoms with Crippen molar-refractivity contribution in [3.8, 4) is 0 Å². The minimum atomic E-state index is -0.791. The maximum absolute atomic E-state index is 13.3. The molecule has 0 aromatic carbocycles. The number of hydrogen-bond donors (Lipinski definition) is 0. The highest BCUT2D eigenvalue weighted by Crippen LogP contribution is 2.15. The van der Waals surface area contributed by atoms with Gasteiger partial charge in [0.25, 0.3) is 0 Å². The number of carbonyl (C=O) groups excluding carboxylic acids is 2. The van der Waals surface area contributed by atoms with Crippen LogP contribution in [0.2, 0.25) is 0 Å². The van der Waals surface area contributed by atoms with Crippen LogP contribution in [0.4, 0.5) is 4.39 Å². The smallest absolute Gasteiger partial charge is 0.360 e. The number of carbonyl (C=O) groups is 2. The second-order valence-electron chi connectivity index (χ2n) is 4.17. The third-order valence-corrected chi connectivity index (χ3v) is 2.81. The molecule has 0 saturated carbocycles. The standard InChI is InChI=1S/C12H13FN2O3/c1-15-7-8(4-5-10(15)16)18-12(17)11-9(13)3-2-6-14-11/h2-3,6,8H,4-5,7H2,1H3. The monoisotopic (exact) mass is 252 g/mol. The number of hydrogen-bond acceptors (Lipinski definition) is 4. The predicted molar refractivity (Wildman–Crippen MR) is 60.3 cm³/mol. The summed E-state index contributed by atoms with van der Waals surface area (Å²) in [5, 5.41) is 0. The molecule has 0 N–H and O–H groups in total. The molecule has 1 amide bonds. The number of ether oxygens (including phenoxy) is 1. The van der Waals surface area contributed by atoms with E-state index in [0.29, 0.717) is 19.4 Å². The number of rotatable bonds is 2. The van der Waals surface area contributed by atoms with Crippen LogP contribution in [-0.4, -0.2) is 41.5 Å². The Morgan fingerprint density at radius 3 is 3.06 bits per heavy atom. The number of likely N-dealkylation sites (N-methyl/N-ethyl adjacent to an activating group) is 1. The summed E-state index contributed by atoms with van der Waals surface area (Å²) >= 11 is 0. The third-order valence-electron chi connectivity index (χ3n) is 2.81. The van der Waals surface area contributed by atoms with Crippen molar-refractivity contribution in [3.05, 3.63) is 29.8 Å². The lowest BCUT2D eigenvalue weighted by Crippen LogP contribution is -2.41. The van der Waals surface area contributed by atoms with Gasteiger partial charge >= 0.3 is 5.97 Å². The summed E-state index contributed by atoms with van der Waals surface area (Å²) in [6.07, 6.45) is 1.72. The number of piperidine rings is 1. The topological polar surface area (TPSA) is 59.5 Å². The van der Waals surface area contributed by atoms with E-state index in [2.05, 4.69) is 4.98 Å². The second kappa shape index (κ2) is 5.12. The van der Waals surface area contributed by atoms with E-state index in [9.17, 15) is 14.0 Å². The third kappa shape index (κ3) is 2.64. The van der Waals surface area contributed by atoms with Crippen LogP contribution in [0.5, 0.6) is 0 Å². The summed E-state index contributed by atoms with van der Waals surface area (Å²) in [5.74, 6) is -1.48. The van der Waals surface area contributed by atoms with Crippen LogP contribution in [0, 0.1) is 5.82 Å². The van der Waals surface area contributed by atoms with Crippen LogP contribution < -0.4 is 0 Å². The van der Waals surface area contributed by atoms with Crippen LogP contribution in [0.1, 0.15) is 23.3 Å². The van der Waals surface area contributed by atoms with Gasteiger partial charge in [0.05, 0.1) is 6.54 Å². The lowest BCUT2D eigenvalue weighted by atomic mass is 10.1. The Balaban J connectivity index is 2.00. The van der Waals surface area contributed by atoms with Gasteiger partial charge in [-0.1, -0.05) is 0 Å². The molecule has 18 heavy (non-hydrogen) atoms. The van der Waals surface area contributed by atoms with Crippen molar-refractivity contribution >= 4 is 11.9 Å². The molecule has 1 saturated heterocycles. The van der Waals surface area contributed by atoms with E-state index in [1.807, 2.05) is 0 Å². The first-order chi connectivity index (χ1) is 8.58. The van der Waals surface area contributed by atoms with Crippen molar-refractivity contribution in [2.24, 2.45) is 0 Å². The van der Waals surface area contributed by atoms with Gasteiger partial charge in [-0.15, -0.1) is 0 Å². The van der Waals surface area contributed by atoms with E-state index in [1.165, 1.54) is 17.2 Å². The summed E-state index contributed by atoms with van der Waals surface area (Å²) in [7, 11) is 1.64. The first kappa shape index (κ1) is 12.5. The summed E-state index contributed by atoms with van der Waals surface area (Å²) in [6, 6.07) is 2.55. The lowest BCUT2D eigenvalue weighted by molar-refractivity contribution is -0.135. The fourth-order valence-electron chi connectivity index (χ4n) is 1.81. The SMILES string of the molecule is CN1CC(OC(=O)c2ncccc2F)CCC1=O. The van der Waals surface area contributed by atoms with Gasteiger partial charge in [-0.3, -0.25) is 4.79 Å². The Morgan fingerprint density at radius 2 is 2.39 bits per heavy atom. The molecule has 0 aliphatic carbocycles. The summed E-state index contributed by atoms with van der Waals surface area (Å²) in [6.45, 7) is 0.332. The van der Waals surface area contributed by atoms with Gasteiger partial charge < -0.3 is 9.64 Å². The second-order valence-corrected chi connectivity index (χ2v) is 4.17. The largest absolute Gasteiger partial charge is 0.456 e. The molecule has 2 heterocycles. The van der Waals surface area contributed by atoms with Gasteiger partial charge in [-0.2, -0.15) is 0 Å². The van der Waals surface area contributed by atoms with E-state index in [0.717, 1.165) is 6.07 Å². The van der Waals surface area contributed by atoms with Gasteiger partial charge in [-0.05, 0) is 18.6 Å². The molecule has 0 bridgehead atoms. The molecule has 1 aromatic heterocycles. The molecule has 5 nitrogen and oxygen atoms in total. The van der Waals surface area contributed by atoms with E-state index >= 15 is 0 Å². The van der Waals surface area contributed by atoms with Gasteiger partial charge in [-0.25, -0.2) is 14.2 Å². The minimum Gasteiger partial charge on any atom is -0.456 e. The van der Waals surface area contributed by atoms with Gasteiger partial charge in [0, 0.05) is 19.7 Å². The quantitative estimate of drug-likeness (QED) is 0.737. The Hall–Kier alpha value is -1.98. The molecule has 0 radical (unpaired) electrons. The van der Waals surface area contributed by atoms with Crippen molar-refractivity contribution in [2.45, 2.75) is 18.9 Å². The van der Waals surface area contributed by atoms with Crippen LogP contribution in [0.25, 0.3) is 0 Å². The van der Waals surface area contributed by atoms with Crippen molar-refractivity contribution in [2.75, 3.05) is 13.6 Å². The van der Waals surface area contributed by atoms with Gasteiger partial charge in [0.2, 0.25) is 5.91 Å². The summed E-state index contributed by atoms with van der Waals surface area (Å²) < 4.78 is 18.4. The molecule has 1 unspecified atom stereocenters. The lowest BCUT2D eigenvalue weighted by Gasteiger charge is -2.29. The molecule has 6 heteroatoms. The van der Waals surface area contributed by atoms with Gasteiger partial charge in [0.15, 0.2) is 11.5 Å². The average molecular weight is 252 g/mol. The summed E-state index contributed by atoms with van der Waals surface area (Å²) in [5.41, 5.74) is -0.322. The number of aromatic nitrogens is 1. The first-order valence-corrected chi connectivity index (χ1v) is 5.63. The number of halogens is 1. The van der Waals surface area contributed by atoms with Crippen molar-refractivity contribution < 1.29 is 18.7 Å². The molecule has 1 aliphatic rings. The average Bonchev–Trinajstić information content (AvgIpc) is 2.34. The molecule has 1 atom stereocenters. The van der Waals surface area contributed by atoms with Crippen LogP contribution >= 0.6 is 0 Å². The van der Waals surface area contributed by atoms with E-state index in [4.69, 9.17) is 4.74 Å². The molecule has 2 rings (SSSR count). The fourth-order valence-corrected chi connectivity index (χ4v) is 1.81. The Kier molecular flexibility index (Phi) is 3.55. The highest BCUT2D eigenvalue weighted by atomic mass is 19.1. The fraction of sp³-hybridized carbons (Fsp3) is 0.417. The molecule has 1 aromatic rings. The number of pyridine rings is 1. The summed E-state index contributed by atoms with van der Waals surface area (Å²) in [4.78, 5) is 28.1. The molecule has 0 spiro atoms.